The molecule has 2 N–H and O–H groups in total. The van der Waals surface area contributed by atoms with Crippen LogP contribution in [0.4, 0.5) is 0 Å². The van der Waals surface area contributed by atoms with E-state index < -0.39 is 5.54 Å². The molecule has 0 radical (unpaired) electrons. The van der Waals surface area contributed by atoms with Crippen molar-refractivity contribution in [2.45, 2.75) is 49.9 Å². The lowest BCUT2D eigenvalue weighted by molar-refractivity contribution is -0.139. The van der Waals surface area contributed by atoms with Crippen molar-refractivity contribution < 1.29 is 14.3 Å². The maximum absolute atomic E-state index is 13.8. The van der Waals surface area contributed by atoms with E-state index in [2.05, 4.69) is 11.1 Å². The Balaban J connectivity index is 1.44. The van der Waals surface area contributed by atoms with Crippen LogP contribution in [-0.4, -0.2) is 47.6 Å². The highest BCUT2D eigenvalue weighted by atomic mass is 16.5. The Labute approximate surface area is 198 Å². The van der Waals surface area contributed by atoms with Crippen LogP contribution in [0.2, 0.25) is 0 Å². The molecule has 2 saturated carbocycles. The number of fused-ring (bicyclic) bond motifs is 4. The first-order valence-corrected chi connectivity index (χ1v) is 11.9. The summed E-state index contributed by atoms with van der Waals surface area (Å²) in [4.78, 5) is 24.3. The maximum Gasteiger partial charge on any atom is 0.262 e. The molecule has 8 heteroatoms. The topological polar surface area (TPSA) is 114 Å². The molecular weight excluding hydrogens is 430 g/mol. The highest BCUT2D eigenvalue weighted by Gasteiger charge is 2.61. The predicted octanol–water partition coefficient (Wildman–Crippen LogP) is 2.96. The number of amides is 1. The normalized spacial score (nSPS) is 29.8. The number of aliphatic imine (C=N–C) groups is 1. The van der Waals surface area contributed by atoms with Crippen molar-refractivity contribution in [2.75, 3.05) is 13.7 Å². The van der Waals surface area contributed by atoms with Crippen LogP contribution in [0.25, 0.3) is 11.1 Å². The van der Waals surface area contributed by atoms with Gasteiger partial charge in [0.05, 0.1) is 11.7 Å². The van der Waals surface area contributed by atoms with Gasteiger partial charge in [0.2, 0.25) is 0 Å². The number of hydrogen-bond donors (Lipinski definition) is 1. The van der Waals surface area contributed by atoms with E-state index in [4.69, 9.17) is 20.2 Å². The second kappa shape index (κ2) is 7.81. The van der Waals surface area contributed by atoms with Gasteiger partial charge in [0.1, 0.15) is 17.9 Å². The minimum atomic E-state index is -1.14. The van der Waals surface area contributed by atoms with Gasteiger partial charge in [-0.3, -0.25) is 14.7 Å². The van der Waals surface area contributed by atoms with Crippen LogP contribution in [0, 0.1) is 23.2 Å². The summed E-state index contributed by atoms with van der Waals surface area (Å²) >= 11 is 0. The van der Waals surface area contributed by atoms with Crippen molar-refractivity contribution in [2.24, 2.45) is 22.6 Å². The lowest BCUT2D eigenvalue weighted by Crippen LogP contribution is -2.55. The van der Waals surface area contributed by atoms with Crippen LogP contribution in [-0.2, 0) is 15.1 Å². The quantitative estimate of drug-likeness (QED) is 0.755. The van der Waals surface area contributed by atoms with Crippen molar-refractivity contribution in [3.05, 3.63) is 47.8 Å². The monoisotopic (exact) mass is 457 g/mol. The van der Waals surface area contributed by atoms with Crippen molar-refractivity contribution in [3.63, 3.8) is 0 Å². The van der Waals surface area contributed by atoms with E-state index in [0.717, 1.165) is 30.6 Å². The summed E-state index contributed by atoms with van der Waals surface area (Å²) in [5.74, 6) is 1.26. The first kappa shape index (κ1) is 21.1. The number of ether oxygens (including phenoxy) is 2. The Morgan fingerprint density at radius 3 is 2.82 bits per heavy atom. The zero-order valence-electron chi connectivity index (χ0n) is 19.1. The number of pyridine rings is 1. The molecule has 2 aromatic rings. The van der Waals surface area contributed by atoms with Crippen LogP contribution < -0.4 is 10.5 Å². The number of nitriles is 1. The van der Waals surface area contributed by atoms with Gasteiger partial charge in [0.15, 0.2) is 11.5 Å². The first-order valence-electron chi connectivity index (χ1n) is 11.9. The van der Waals surface area contributed by atoms with Crippen LogP contribution in [0.3, 0.4) is 0 Å². The molecule has 4 atom stereocenters. The Morgan fingerprint density at radius 2 is 2.09 bits per heavy atom. The number of guanidine groups is 1. The molecule has 1 aromatic heterocycles. The number of aromatic nitrogens is 1. The summed E-state index contributed by atoms with van der Waals surface area (Å²) in [5.41, 5.74) is 7.91. The standard InChI is InChI=1S/C26H27N5O3/c1-31-24(32)26(30-25(31)28)20-9-17(18-8-16(11-27)12-29-13-18)4-6-22(20)34-23-7-5-19(10-21(23)26)33-14-15-2-3-15/h4,6,8-9,12-13,15,19,21,23H,2-3,5,7,10,14H2,1H3,(H2,28,30)/t19-,21?,23?,26?/m1/s1. The first-order chi connectivity index (χ1) is 16.5. The molecule has 1 aromatic carbocycles. The Hall–Kier alpha value is -3.44. The number of likely N-dealkylation sites (N-methyl/N-ethyl adjacent to an activating group) is 1. The van der Waals surface area contributed by atoms with Gasteiger partial charge < -0.3 is 15.2 Å². The zero-order valence-corrected chi connectivity index (χ0v) is 19.1. The molecule has 6 rings (SSSR count). The van der Waals surface area contributed by atoms with E-state index in [1.54, 1.807) is 19.3 Å². The summed E-state index contributed by atoms with van der Waals surface area (Å²) in [6.07, 6.45) is 8.10. The Bertz CT molecular complexity index is 1230. The summed E-state index contributed by atoms with van der Waals surface area (Å²) in [5, 5.41) is 9.29. The molecule has 3 unspecified atom stereocenters. The van der Waals surface area contributed by atoms with Crippen LogP contribution in [0.1, 0.15) is 43.2 Å². The highest BCUT2D eigenvalue weighted by Crippen LogP contribution is 2.54. The number of nitrogens with zero attached hydrogens (tertiary/aromatic N) is 4. The molecular formula is C26H27N5O3. The van der Waals surface area contributed by atoms with Gasteiger partial charge in [-0.1, -0.05) is 6.07 Å². The average molecular weight is 458 g/mol. The van der Waals surface area contributed by atoms with E-state index in [9.17, 15) is 10.1 Å². The molecule has 1 spiro atoms. The third-order valence-electron chi connectivity index (χ3n) is 7.67. The molecule has 8 nitrogen and oxygen atoms in total. The molecule has 2 fully saturated rings. The number of carbonyl (C=O) groups is 1. The second-order valence-electron chi connectivity index (χ2n) is 9.86. The van der Waals surface area contributed by atoms with Gasteiger partial charge in [-0.15, -0.1) is 0 Å². The summed E-state index contributed by atoms with van der Waals surface area (Å²) in [7, 11) is 1.67. The minimum Gasteiger partial charge on any atom is -0.490 e. The van der Waals surface area contributed by atoms with Crippen molar-refractivity contribution in [3.8, 4) is 22.9 Å². The molecule has 1 amide bonds. The summed E-state index contributed by atoms with van der Waals surface area (Å²) in [6.45, 7) is 0.790. The minimum absolute atomic E-state index is 0.0821. The predicted molar refractivity (Wildman–Crippen MR) is 125 cm³/mol. The number of hydrogen-bond acceptors (Lipinski definition) is 7. The van der Waals surface area contributed by atoms with Crippen LogP contribution in [0.15, 0.2) is 41.7 Å². The third-order valence-corrected chi connectivity index (χ3v) is 7.67. The van der Waals surface area contributed by atoms with Gasteiger partial charge in [-0.05, 0) is 61.8 Å². The van der Waals surface area contributed by atoms with Gasteiger partial charge in [-0.2, -0.15) is 5.26 Å². The SMILES string of the molecule is CN1C(=O)C2(N=C1N)c1cc(-c3cncc(C#N)c3)ccc1OC1CC[C@@H](OCC3CC3)CC12. The third kappa shape index (κ3) is 3.26. The number of carbonyl (C=O) groups excluding carboxylic acids is 1. The smallest absolute Gasteiger partial charge is 0.262 e. The lowest BCUT2D eigenvalue weighted by atomic mass is 9.66. The fourth-order valence-electron chi connectivity index (χ4n) is 5.60. The highest BCUT2D eigenvalue weighted by molar-refractivity contribution is 6.07. The lowest BCUT2D eigenvalue weighted by Gasteiger charge is -2.47. The van der Waals surface area contributed by atoms with Crippen LogP contribution >= 0.6 is 0 Å². The zero-order chi connectivity index (χ0) is 23.4. The Morgan fingerprint density at radius 1 is 1.24 bits per heavy atom. The number of benzene rings is 1. The molecule has 2 aliphatic carbocycles. The molecule has 0 saturated heterocycles. The fraction of sp³-hybridized carbons (Fsp3) is 0.462. The van der Waals surface area contributed by atoms with Crippen molar-refractivity contribution in [1.29, 1.82) is 5.26 Å². The summed E-state index contributed by atoms with van der Waals surface area (Å²) < 4.78 is 12.7. The number of nitrogens with two attached hydrogens (primary N) is 1. The molecule has 4 aliphatic rings. The molecule has 2 aliphatic heterocycles. The van der Waals surface area contributed by atoms with E-state index >= 15 is 0 Å². The van der Waals surface area contributed by atoms with Gasteiger partial charge in [0.25, 0.3) is 5.91 Å². The van der Waals surface area contributed by atoms with E-state index in [0.29, 0.717) is 29.2 Å². The fourth-order valence-corrected chi connectivity index (χ4v) is 5.60. The van der Waals surface area contributed by atoms with Gasteiger partial charge >= 0.3 is 0 Å². The second-order valence-corrected chi connectivity index (χ2v) is 9.86. The Kier molecular flexibility index (Phi) is 4.85. The maximum atomic E-state index is 13.8. The van der Waals surface area contributed by atoms with Crippen molar-refractivity contribution in [1.82, 2.24) is 9.88 Å². The molecule has 3 heterocycles. The summed E-state index contributed by atoms with van der Waals surface area (Å²) in [6, 6.07) is 9.71. The van der Waals surface area contributed by atoms with Gasteiger partial charge in [0, 0.05) is 43.1 Å². The number of rotatable bonds is 4. The average Bonchev–Trinajstić information content (AvgIpc) is 3.67. The van der Waals surface area contributed by atoms with E-state index in [1.807, 2.05) is 18.2 Å². The molecule has 0 bridgehead atoms. The largest absolute Gasteiger partial charge is 0.490 e. The van der Waals surface area contributed by atoms with E-state index in [1.165, 1.54) is 23.9 Å². The molecule has 174 valence electrons. The van der Waals surface area contributed by atoms with Crippen molar-refractivity contribution >= 4 is 11.9 Å². The van der Waals surface area contributed by atoms with Gasteiger partial charge in [-0.25, -0.2) is 4.99 Å². The van der Waals surface area contributed by atoms with Crippen LogP contribution in [0.5, 0.6) is 5.75 Å². The molecule has 34 heavy (non-hydrogen) atoms. The van der Waals surface area contributed by atoms with E-state index in [-0.39, 0.29) is 30.0 Å².